The Morgan fingerprint density at radius 1 is 0.882 bits per heavy atom. The molecule has 3 aromatic rings. The van der Waals surface area contributed by atoms with Crippen molar-refractivity contribution in [3.63, 3.8) is 0 Å². The number of hydrogen-bond donors (Lipinski definition) is 5. The lowest BCUT2D eigenvalue weighted by Gasteiger charge is -2.35. The first-order valence-corrected chi connectivity index (χ1v) is 27.1. The second-order valence-electron chi connectivity index (χ2n) is 21.4. The quantitative estimate of drug-likeness (QED) is 0.0459. The minimum Gasteiger partial charge on any atom is -0.491 e. The largest absolute Gasteiger partial charge is 0.491 e. The Kier molecular flexibility index (Phi) is 23.9. The number of carbonyl (C=O) groups is 5. The number of alkyl halides is 1. The predicted molar refractivity (Wildman–Crippen MR) is 284 cm³/mol. The number of rotatable bonds is 32. The summed E-state index contributed by atoms with van der Waals surface area (Å²) in [6, 6.07) is 11.3. The van der Waals surface area contributed by atoms with Crippen LogP contribution in [0.2, 0.25) is 0 Å². The maximum atomic E-state index is 14.6. The van der Waals surface area contributed by atoms with Crippen molar-refractivity contribution in [3.05, 3.63) is 70.4 Å². The minimum atomic E-state index is -1.98. The maximum Gasteiger partial charge on any atom is 0.407 e. The van der Waals surface area contributed by atoms with Gasteiger partial charge in [0.25, 0.3) is 5.91 Å². The number of thiazole rings is 1. The molecule has 1 aliphatic heterocycles. The van der Waals surface area contributed by atoms with Crippen LogP contribution in [0.15, 0.2) is 48.0 Å². The van der Waals surface area contributed by atoms with Gasteiger partial charge in [-0.15, -0.1) is 11.3 Å². The van der Waals surface area contributed by atoms with E-state index in [0.717, 1.165) is 34.5 Å². The number of benzene rings is 2. The molecule has 5 atom stereocenters. The van der Waals surface area contributed by atoms with Gasteiger partial charge in [0.05, 0.1) is 87.2 Å². The van der Waals surface area contributed by atoms with Crippen molar-refractivity contribution in [1.82, 2.24) is 25.8 Å². The third-order valence-corrected chi connectivity index (χ3v) is 13.7. The summed E-state index contributed by atoms with van der Waals surface area (Å²) >= 11 is 1.50. The topological polar surface area (TPSA) is 248 Å². The molecule has 1 saturated heterocycles. The van der Waals surface area contributed by atoms with Gasteiger partial charge < -0.3 is 64.8 Å². The zero-order valence-electron chi connectivity index (χ0n) is 45.5. The molecule has 2 heterocycles. The van der Waals surface area contributed by atoms with Gasteiger partial charge >= 0.3 is 6.09 Å². The number of β-amino-alcohol motifs (C(OH)–C–C–N with tert-alkyl or cyclic N) is 1. The van der Waals surface area contributed by atoms with Gasteiger partial charge in [-0.2, -0.15) is 0 Å². The molecule has 5 rings (SSSR count). The highest BCUT2D eigenvalue weighted by molar-refractivity contribution is 7.13. The summed E-state index contributed by atoms with van der Waals surface area (Å²) in [5, 5.41) is 18.9. The Balaban J connectivity index is 0.941. The lowest BCUT2D eigenvalue weighted by atomic mass is 9.85. The number of hydrogen-bond acceptors (Lipinski definition) is 15. The molecular formula is C55H81FN6O13S. The SMILES string of the molecule is Cc1ncsc1-c1ccc(CNC(=O)[C@@H]2C[C@@H](O)CN2C(=O)[C@@H](NC(=O)C2(F)CC2)C(C)(C)C)c(OCCOCCOCCOCCOCCCc2ccc(CO[C@H](C)[C@H](CCC(N)=O)NC(=O)OC(C)(C)C)cc2)c1. The number of carbonyl (C=O) groups excluding carboxylic acids is 5. The van der Waals surface area contributed by atoms with Crippen molar-refractivity contribution >= 4 is 41.1 Å². The van der Waals surface area contributed by atoms with E-state index >= 15 is 0 Å². The predicted octanol–water partition coefficient (Wildman–Crippen LogP) is 5.87. The van der Waals surface area contributed by atoms with E-state index in [0.29, 0.717) is 70.6 Å². The Bertz CT molecular complexity index is 2340. The van der Waals surface area contributed by atoms with Crippen molar-refractivity contribution in [3.8, 4) is 16.2 Å². The monoisotopic (exact) mass is 1080 g/mol. The average molecular weight is 1090 g/mol. The Morgan fingerprint density at radius 3 is 2.08 bits per heavy atom. The first-order valence-electron chi connectivity index (χ1n) is 26.2. The first kappa shape index (κ1) is 61.6. The normalized spacial score (nSPS) is 17.4. The lowest BCUT2D eigenvalue weighted by molar-refractivity contribution is -0.145. The fourth-order valence-electron chi connectivity index (χ4n) is 8.25. The second kappa shape index (κ2) is 29.5. The smallest absolute Gasteiger partial charge is 0.407 e. The fraction of sp³-hybridized carbons (Fsp3) is 0.636. The number of primary amides is 1. The highest BCUT2D eigenvalue weighted by Crippen LogP contribution is 2.40. The van der Waals surface area contributed by atoms with Crippen LogP contribution in [-0.2, 0) is 67.2 Å². The Morgan fingerprint density at radius 2 is 1.50 bits per heavy atom. The van der Waals surface area contributed by atoms with E-state index in [9.17, 15) is 33.5 Å². The third-order valence-electron chi connectivity index (χ3n) is 12.7. The van der Waals surface area contributed by atoms with Gasteiger partial charge in [-0.1, -0.05) is 57.2 Å². The van der Waals surface area contributed by atoms with Gasteiger partial charge in [0.2, 0.25) is 17.7 Å². The highest BCUT2D eigenvalue weighted by atomic mass is 32.1. The van der Waals surface area contributed by atoms with Gasteiger partial charge in [-0.05, 0) is 94.9 Å². The average Bonchev–Trinajstić information content (AvgIpc) is 3.76. The number of likely N-dealkylation sites (tertiary alicyclic amines) is 1. The molecule has 6 N–H and O–H groups in total. The third kappa shape index (κ3) is 20.6. The fourth-order valence-corrected chi connectivity index (χ4v) is 9.05. The molecule has 422 valence electrons. The van der Waals surface area contributed by atoms with E-state index in [2.05, 4.69) is 33.1 Å². The van der Waals surface area contributed by atoms with Crippen molar-refractivity contribution in [2.75, 3.05) is 66.0 Å². The molecule has 2 aromatic carbocycles. The van der Waals surface area contributed by atoms with E-state index in [4.69, 9.17) is 38.9 Å². The molecule has 2 aliphatic rings. The van der Waals surface area contributed by atoms with Gasteiger partial charge in [-0.3, -0.25) is 19.2 Å². The number of aliphatic hydroxyl groups excluding tert-OH is 1. The molecule has 0 radical (unpaired) electrons. The Labute approximate surface area is 450 Å². The standard InChI is InChI=1S/C55H81FN6O13S/c1-36-47(76-35-59-36)40-15-16-41(32-58-49(65)44-31-42(63)33-62(44)50(66)48(53(3,4)5)61-51(67)55(56)19-20-55)45(30-40)73-29-28-72-27-26-71-25-24-70-23-22-69-21-9-10-38-11-13-39(14-12-38)34-74-37(2)43(17-18-46(57)64)60-52(68)75-54(6,7)8/h11-16,30,35,37,42-44,48,63H,9-10,17-29,31-34H2,1-8H3,(H2,57,64)(H,58,65)(H,60,68)(H,61,67)/t37-,42-,43+,44+,48-/m1/s1. The second-order valence-corrected chi connectivity index (χ2v) is 22.3. The van der Waals surface area contributed by atoms with Crippen LogP contribution in [0.1, 0.15) is 109 Å². The van der Waals surface area contributed by atoms with Gasteiger partial charge in [0, 0.05) is 38.1 Å². The Hall–Kier alpha value is -5.29. The lowest BCUT2D eigenvalue weighted by Crippen LogP contribution is -2.59. The van der Waals surface area contributed by atoms with Crippen molar-refractivity contribution in [2.24, 2.45) is 11.1 Å². The molecular weight excluding hydrogens is 1000 g/mol. The van der Waals surface area contributed by atoms with Crippen molar-refractivity contribution < 1.29 is 66.6 Å². The van der Waals surface area contributed by atoms with Crippen molar-refractivity contribution in [2.45, 2.75) is 155 Å². The summed E-state index contributed by atoms with van der Waals surface area (Å²) in [5.41, 5.74) is 8.31. The van der Waals surface area contributed by atoms with Crippen LogP contribution in [-0.4, -0.2) is 152 Å². The van der Waals surface area contributed by atoms with E-state index in [1.54, 1.807) is 47.1 Å². The highest BCUT2D eigenvalue weighted by Gasteiger charge is 2.53. The van der Waals surface area contributed by atoms with Crippen LogP contribution < -0.4 is 26.4 Å². The summed E-state index contributed by atoms with van der Waals surface area (Å²) < 4.78 is 55.1. The van der Waals surface area contributed by atoms with Crippen LogP contribution in [0.4, 0.5) is 9.18 Å². The number of aliphatic hydroxyl groups is 1. The zero-order valence-corrected chi connectivity index (χ0v) is 46.4. The van der Waals surface area contributed by atoms with E-state index in [1.165, 1.54) is 21.8 Å². The number of ether oxygens (including phenoxy) is 7. The first-order chi connectivity index (χ1) is 36.0. The van der Waals surface area contributed by atoms with Crippen LogP contribution in [0, 0.1) is 12.3 Å². The van der Waals surface area contributed by atoms with Crippen LogP contribution in [0.5, 0.6) is 5.75 Å². The van der Waals surface area contributed by atoms with Gasteiger partial charge in [-0.25, -0.2) is 14.2 Å². The molecule has 1 aromatic heterocycles. The summed E-state index contributed by atoms with van der Waals surface area (Å²) in [6.45, 7) is 18.2. The number of halogens is 1. The number of nitrogens with one attached hydrogen (secondary N) is 3. The zero-order chi connectivity index (χ0) is 55.5. The maximum absolute atomic E-state index is 14.6. The van der Waals surface area contributed by atoms with Gasteiger partial charge in [0.15, 0.2) is 5.67 Å². The van der Waals surface area contributed by atoms with E-state index < -0.39 is 70.6 Å². The van der Waals surface area contributed by atoms with Gasteiger partial charge in [0.1, 0.15) is 30.0 Å². The summed E-state index contributed by atoms with van der Waals surface area (Å²) in [6.07, 6.45) is 0.437. The molecule has 76 heavy (non-hydrogen) atoms. The molecule has 0 spiro atoms. The summed E-state index contributed by atoms with van der Waals surface area (Å²) in [5.74, 6) is -1.79. The number of alkyl carbamates (subject to hydrolysis) is 1. The van der Waals surface area contributed by atoms with Crippen LogP contribution in [0.3, 0.4) is 0 Å². The summed E-state index contributed by atoms with van der Waals surface area (Å²) in [4.78, 5) is 70.8. The molecule has 1 saturated carbocycles. The molecule has 1 aliphatic carbocycles. The van der Waals surface area contributed by atoms with Crippen molar-refractivity contribution in [1.29, 1.82) is 0 Å². The number of nitrogens with two attached hydrogens (primary N) is 1. The molecule has 5 amide bonds. The van der Waals surface area contributed by atoms with Crippen LogP contribution in [0.25, 0.3) is 10.4 Å². The molecule has 19 nitrogen and oxygen atoms in total. The van der Waals surface area contributed by atoms with E-state index in [1.807, 2.05) is 44.2 Å². The molecule has 0 unspecified atom stereocenters. The molecule has 2 fully saturated rings. The molecule has 0 bridgehead atoms. The number of nitrogens with zero attached hydrogens (tertiary/aromatic N) is 2. The van der Waals surface area contributed by atoms with Crippen LogP contribution >= 0.6 is 11.3 Å². The number of aryl methyl sites for hydroxylation is 2. The molecule has 21 heteroatoms. The minimum absolute atomic E-state index is 0.0118. The summed E-state index contributed by atoms with van der Waals surface area (Å²) in [7, 11) is 0. The number of amides is 5. The number of aromatic nitrogens is 1. The van der Waals surface area contributed by atoms with E-state index in [-0.39, 0.29) is 58.1 Å².